The first-order valence-corrected chi connectivity index (χ1v) is 4.07. The van der Waals surface area contributed by atoms with Gasteiger partial charge in [-0.05, 0) is 12.1 Å². The molecule has 2 rings (SSSR count). The zero-order valence-corrected chi connectivity index (χ0v) is 7.06. The Morgan fingerprint density at radius 1 is 1.23 bits per heavy atom. The molecule has 1 heterocycles. The van der Waals surface area contributed by atoms with E-state index in [1.165, 1.54) is 6.26 Å². The van der Waals surface area contributed by atoms with Gasteiger partial charge in [0.1, 0.15) is 6.61 Å². The smallest absolute Gasteiger partial charge is 0.168 e. The molecule has 3 heteroatoms. The summed E-state index contributed by atoms with van der Waals surface area (Å²) in [5, 5.41) is 8.87. The number of fused-ring (bicyclic) bond motifs is 1. The van der Waals surface area contributed by atoms with Crippen LogP contribution in [0, 0.1) is 0 Å². The van der Waals surface area contributed by atoms with E-state index in [1.54, 1.807) is 0 Å². The summed E-state index contributed by atoms with van der Waals surface area (Å²) in [4.78, 5) is 0. The Kier molecular flexibility index (Phi) is 2.19. The van der Waals surface area contributed by atoms with Crippen LogP contribution in [-0.2, 0) is 0 Å². The van der Waals surface area contributed by atoms with Crippen molar-refractivity contribution in [3.05, 3.63) is 36.1 Å². The minimum atomic E-state index is -0.0337. The van der Waals surface area contributed by atoms with Gasteiger partial charge in [0.05, 0.1) is 12.9 Å². The van der Waals surface area contributed by atoms with Crippen molar-refractivity contribution in [1.29, 1.82) is 0 Å². The molecule has 1 aromatic rings. The van der Waals surface area contributed by atoms with Gasteiger partial charge in [-0.3, -0.25) is 0 Å². The molecule has 68 valence electrons. The van der Waals surface area contributed by atoms with E-state index >= 15 is 0 Å². The highest BCUT2D eigenvalue weighted by atomic mass is 16.5. The second kappa shape index (κ2) is 3.49. The molecular formula is C10H10O3. The summed E-state index contributed by atoms with van der Waals surface area (Å²) in [5.41, 5.74) is 0.733. The van der Waals surface area contributed by atoms with E-state index in [2.05, 4.69) is 0 Å². The highest BCUT2D eigenvalue weighted by Gasteiger charge is 2.09. The second-order valence-corrected chi connectivity index (χ2v) is 2.79. The van der Waals surface area contributed by atoms with Crippen molar-refractivity contribution >= 4 is 0 Å². The Morgan fingerprint density at radius 2 is 2.00 bits per heavy atom. The van der Waals surface area contributed by atoms with Crippen molar-refractivity contribution in [3.63, 3.8) is 0 Å². The van der Waals surface area contributed by atoms with E-state index < -0.39 is 0 Å². The molecule has 0 saturated carbocycles. The molecule has 1 aliphatic heterocycles. The SMILES string of the molecule is OCC1=COc2ccccc2OC1. The summed E-state index contributed by atoms with van der Waals surface area (Å²) >= 11 is 0. The molecule has 0 spiro atoms. The molecule has 0 bridgehead atoms. The van der Waals surface area contributed by atoms with E-state index in [9.17, 15) is 0 Å². The lowest BCUT2D eigenvalue weighted by molar-refractivity contribution is 0.289. The van der Waals surface area contributed by atoms with Crippen molar-refractivity contribution in [3.8, 4) is 11.5 Å². The van der Waals surface area contributed by atoms with Gasteiger partial charge in [-0.2, -0.15) is 0 Å². The van der Waals surface area contributed by atoms with Gasteiger partial charge in [0.25, 0.3) is 0 Å². The van der Waals surface area contributed by atoms with Gasteiger partial charge in [-0.1, -0.05) is 12.1 Å². The molecule has 13 heavy (non-hydrogen) atoms. The molecule has 0 aromatic heterocycles. The first-order valence-electron chi connectivity index (χ1n) is 4.07. The maximum atomic E-state index is 8.87. The van der Waals surface area contributed by atoms with Crippen LogP contribution in [0.1, 0.15) is 0 Å². The fourth-order valence-corrected chi connectivity index (χ4v) is 1.10. The molecular weight excluding hydrogens is 168 g/mol. The van der Waals surface area contributed by atoms with Gasteiger partial charge in [-0.15, -0.1) is 0 Å². The predicted octanol–water partition coefficient (Wildman–Crippen LogP) is 1.33. The normalized spacial score (nSPS) is 14.7. The molecule has 0 atom stereocenters. The van der Waals surface area contributed by atoms with E-state index in [0.717, 1.165) is 5.57 Å². The van der Waals surface area contributed by atoms with Crippen LogP contribution in [-0.4, -0.2) is 18.3 Å². The molecule has 0 aliphatic carbocycles. The lowest BCUT2D eigenvalue weighted by Crippen LogP contribution is -2.02. The summed E-state index contributed by atoms with van der Waals surface area (Å²) in [7, 11) is 0. The van der Waals surface area contributed by atoms with Gasteiger partial charge < -0.3 is 14.6 Å². The molecule has 0 saturated heterocycles. The number of benzene rings is 1. The van der Waals surface area contributed by atoms with Crippen molar-refractivity contribution in [2.45, 2.75) is 0 Å². The molecule has 0 amide bonds. The monoisotopic (exact) mass is 178 g/mol. The summed E-state index contributed by atoms with van der Waals surface area (Å²) in [6.07, 6.45) is 1.53. The topological polar surface area (TPSA) is 38.7 Å². The summed E-state index contributed by atoms with van der Waals surface area (Å²) in [6.45, 7) is 0.349. The van der Waals surface area contributed by atoms with Crippen molar-refractivity contribution in [2.24, 2.45) is 0 Å². The van der Waals surface area contributed by atoms with Gasteiger partial charge >= 0.3 is 0 Å². The molecule has 3 nitrogen and oxygen atoms in total. The minimum absolute atomic E-state index is 0.0337. The second-order valence-electron chi connectivity index (χ2n) is 2.79. The maximum Gasteiger partial charge on any atom is 0.168 e. The lowest BCUT2D eigenvalue weighted by Gasteiger charge is -2.04. The highest BCUT2D eigenvalue weighted by Crippen LogP contribution is 2.28. The fourth-order valence-electron chi connectivity index (χ4n) is 1.10. The minimum Gasteiger partial charge on any atom is -0.485 e. The molecule has 0 fully saturated rings. The van der Waals surface area contributed by atoms with Crippen molar-refractivity contribution in [1.82, 2.24) is 0 Å². The van der Waals surface area contributed by atoms with E-state index in [4.69, 9.17) is 14.6 Å². The number of hydrogen-bond donors (Lipinski definition) is 1. The maximum absolute atomic E-state index is 8.87. The Labute approximate surface area is 76.2 Å². The van der Waals surface area contributed by atoms with E-state index in [-0.39, 0.29) is 6.61 Å². The molecule has 1 aromatic carbocycles. The standard InChI is InChI=1S/C10H10O3/c11-5-8-6-12-9-3-1-2-4-10(9)13-7-8/h1-4,6,11H,5,7H2. The number of aliphatic hydroxyl groups excluding tert-OH is 1. The lowest BCUT2D eigenvalue weighted by atomic mass is 10.3. The number of aliphatic hydroxyl groups is 1. The van der Waals surface area contributed by atoms with Crippen LogP contribution in [0.3, 0.4) is 0 Å². The number of para-hydroxylation sites is 2. The van der Waals surface area contributed by atoms with Crippen LogP contribution in [0.4, 0.5) is 0 Å². The van der Waals surface area contributed by atoms with Crippen LogP contribution in [0.2, 0.25) is 0 Å². The number of ether oxygens (including phenoxy) is 2. The van der Waals surface area contributed by atoms with Gasteiger partial charge in [-0.25, -0.2) is 0 Å². The van der Waals surface area contributed by atoms with Gasteiger partial charge in [0, 0.05) is 5.57 Å². The number of rotatable bonds is 1. The third-order valence-electron chi connectivity index (χ3n) is 1.82. The molecule has 1 N–H and O–H groups in total. The van der Waals surface area contributed by atoms with Crippen LogP contribution < -0.4 is 9.47 Å². The highest BCUT2D eigenvalue weighted by molar-refractivity contribution is 5.41. The van der Waals surface area contributed by atoms with Crippen LogP contribution in [0.5, 0.6) is 11.5 Å². The summed E-state index contributed by atoms with van der Waals surface area (Å²) < 4.78 is 10.7. The van der Waals surface area contributed by atoms with Gasteiger partial charge in [0.2, 0.25) is 0 Å². The summed E-state index contributed by atoms with van der Waals surface area (Å²) in [6, 6.07) is 7.42. The first-order chi connectivity index (χ1) is 6.40. The Bertz CT molecular complexity index is 331. The average Bonchev–Trinajstić information content (AvgIpc) is 2.39. The molecule has 0 unspecified atom stereocenters. The largest absolute Gasteiger partial charge is 0.485 e. The molecule has 1 aliphatic rings. The summed E-state index contributed by atoms with van der Waals surface area (Å²) in [5.74, 6) is 1.40. The third-order valence-corrected chi connectivity index (χ3v) is 1.82. The average molecular weight is 178 g/mol. The van der Waals surface area contributed by atoms with E-state index in [0.29, 0.717) is 18.1 Å². The van der Waals surface area contributed by atoms with Crippen molar-refractivity contribution < 1.29 is 14.6 Å². The Balaban J connectivity index is 2.26. The molecule has 0 radical (unpaired) electrons. The predicted molar refractivity (Wildman–Crippen MR) is 47.7 cm³/mol. The fraction of sp³-hybridized carbons (Fsp3) is 0.200. The van der Waals surface area contributed by atoms with Gasteiger partial charge in [0.15, 0.2) is 11.5 Å². The number of hydrogen-bond acceptors (Lipinski definition) is 3. The van der Waals surface area contributed by atoms with Crippen molar-refractivity contribution in [2.75, 3.05) is 13.2 Å². The zero-order chi connectivity index (χ0) is 9.10. The van der Waals surface area contributed by atoms with Crippen LogP contribution in [0.15, 0.2) is 36.1 Å². The van der Waals surface area contributed by atoms with Crippen LogP contribution in [0.25, 0.3) is 0 Å². The quantitative estimate of drug-likeness (QED) is 0.705. The Hall–Kier alpha value is -1.48. The first kappa shape index (κ1) is 8.13. The van der Waals surface area contributed by atoms with Crippen LogP contribution >= 0.6 is 0 Å². The van der Waals surface area contributed by atoms with E-state index in [1.807, 2.05) is 24.3 Å². The third kappa shape index (κ3) is 1.65. The zero-order valence-electron chi connectivity index (χ0n) is 7.06. The Morgan fingerprint density at radius 3 is 2.77 bits per heavy atom.